The van der Waals surface area contributed by atoms with Crippen LogP contribution in [0.15, 0.2) is 48.5 Å². The molecule has 0 atom stereocenters. The molecule has 110 valence electrons. The molecule has 21 heavy (non-hydrogen) atoms. The van der Waals surface area contributed by atoms with Gasteiger partial charge in [-0.3, -0.25) is 4.79 Å². The Morgan fingerprint density at radius 3 is 2.67 bits per heavy atom. The van der Waals surface area contributed by atoms with Crippen molar-refractivity contribution >= 4 is 23.2 Å². The normalized spacial score (nSPS) is 10.0. The van der Waals surface area contributed by atoms with Gasteiger partial charge in [-0.1, -0.05) is 29.8 Å². The summed E-state index contributed by atoms with van der Waals surface area (Å²) in [5, 5.41) is 6.58. The lowest BCUT2D eigenvalue weighted by Gasteiger charge is -2.09. The van der Waals surface area contributed by atoms with Gasteiger partial charge in [-0.05, 0) is 29.8 Å². The van der Waals surface area contributed by atoms with Gasteiger partial charge in [0.15, 0.2) is 0 Å². The fourth-order valence-electron chi connectivity index (χ4n) is 1.78. The summed E-state index contributed by atoms with van der Waals surface area (Å²) in [6, 6.07) is 14.8. The van der Waals surface area contributed by atoms with E-state index in [0.717, 1.165) is 17.0 Å². The highest BCUT2D eigenvalue weighted by molar-refractivity contribution is 6.30. The van der Waals surface area contributed by atoms with E-state index in [0.29, 0.717) is 11.6 Å². The van der Waals surface area contributed by atoms with Crippen LogP contribution in [-0.2, 0) is 11.3 Å². The minimum atomic E-state index is -0.0761. The predicted molar refractivity (Wildman–Crippen MR) is 84.8 cm³/mol. The predicted octanol–water partition coefficient (Wildman–Crippen LogP) is 3.08. The van der Waals surface area contributed by atoms with Crippen molar-refractivity contribution < 1.29 is 9.53 Å². The average Bonchev–Trinajstić information content (AvgIpc) is 2.52. The smallest absolute Gasteiger partial charge is 0.239 e. The van der Waals surface area contributed by atoms with Gasteiger partial charge in [-0.2, -0.15) is 0 Å². The van der Waals surface area contributed by atoms with Gasteiger partial charge in [0, 0.05) is 23.3 Å². The van der Waals surface area contributed by atoms with Crippen LogP contribution >= 0.6 is 11.6 Å². The van der Waals surface area contributed by atoms with Crippen LogP contribution in [0.25, 0.3) is 0 Å². The zero-order valence-corrected chi connectivity index (χ0v) is 12.5. The molecule has 0 aliphatic rings. The van der Waals surface area contributed by atoms with Crippen molar-refractivity contribution in [2.75, 3.05) is 19.0 Å². The Balaban J connectivity index is 1.78. The third-order valence-corrected chi connectivity index (χ3v) is 3.18. The summed E-state index contributed by atoms with van der Waals surface area (Å²) in [5.74, 6) is 0.675. The molecule has 2 rings (SSSR count). The molecule has 4 nitrogen and oxygen atoms in total. The van der Waals surface area contributed by atoms with E-state index in [-0.39, 0.29) is 12.5 Å². The topological polar surface area (TPSA) is 50.4 Å². The Kier molecular flexibility index (Phi) is 5.46. The number of rotatable bonds is 6. The molecule has 5 heteroatoms. The van der Waals surface area contributed by atoms with Crippen LogP contribution in [0.1, 0.15) is 5.56 Å². The molecule has 0 aliphatic heterocycles. The second-order valence-corrected chi connectivity index (χ2v) is 4.93. The van der Waals surface area contributed by atoms with Gasteiger partial charge < -0.3 is 15.4 Å². The third kappa shape index (κ3) is 5.00. The van der Waals surface area contributed by atoms with Crippen molar-refractivity contribution in [1.82, 2.24) is 5.32 Å². The number of carbonyl (C=O) groups excluding carboxylic acids is 1. The molecular weight excluding hydrogens is 288 g/mol. The quantitative estimate of drug-likeness (QED) is 0.862. The summed E-state index contributed by atoms with van der Waals surface area (Å²) in [7, 11) is 1.61. The van der Waals surface area contributed by atoms with Gasteiger partial charge in [0.1, 0.15) is 5.75 Å². The minimum Gasteiger partial charge on any atom is -0.497 e. The molecule has 0 aromatic heterocycles. The number of hydrogen-bond donors (Lipinski definition) is 2. The number of anilines is 1. The maximum Gasteiger partial charge on any atom is 0.239 e. The molecule has 0 bridgehead atoms. The highest BCUT2D eigenvalue weighted by Crippen LogP contribution is 2.16. The van der Waals surface area contributed by atoms with Gasteiger partial charge in [0.2, 0.25) is 5.91 Å². The Bertz CT molecular complexity index is 599. The Morgan fingerprint density at radius 1 is 1.19 bits per heavy atom. The minimum absolute atomic E-state index is 0.0761. The lowest BCUT2D eigenvalue weighted by Crippen LogP contribution is -2.29. The van der Waals surface area contributed by atoms with Crippen LogP contribution in [0.5, 0.6) is 5.75 Å². The van der Waals surface area contributed by atoms with Crippen molar-refractivity contribution in [3.63, 3.8) is 0 Å². The van der Waals surface area contributed by atoms with Crippen LogP contribution in [0.2, 0.25) is 5.02 Å². The first-order valence-corrected chi connectivity index (χ1v) is 6.94. The molecule has 2 N–H and O–H groups in total. The van der Waals surface area contributed by atoms with Gasteiger partial charge in [0.25, 0.3) is 0 Å². The van der Waals surface area contributed by atoms with Gasteiger partial charge >= 0.3 is 0 Å². The van der Waals surface area contributed by atoms with Gasteiger partial charge in [0.05, 0.1) is 13.7 Å². The molecule has 2 aromatic rings. The number of methoxy groups -OCH3 is 1. The molecule has 0 unspecified atom stereocenters. The van der Waals surface area contributed by atoms with Crippen LogP contribution in [-0.4, -0.2) is 19.6 Å². The standard InChI is InChI=1S/C16H17ClN2O2/c1-21-15-4-2-3-14(9-15)18-11-16(20)19-10-12-5-7-13(17)8-6-12/h2-9,18H,10-11H2,1H3,(H,19,20). The molecule has 0 spiro atoms. The maximum absolute atomic E-state index is 11.8. The molecule has 0 radical (unpaired) electrons. The van der Waals surface area contributed by atoms with E-state index in [1.54, 1.807) is 19.2 Å². The van der Waals surface area contributed by atoms with Gasteiger partial charge in [-0.15, -0.1) is 0 Å². The first kappa shape index (κ1) is 15.2. The zero-order chi connectivity index (χ0) is 15.1. The van der Waals surface area contributed by atoms with E-state index in [4.69, 9.17) is 16.3 Å². The monoisotopic (exact) mass is 304 g/mol. The van der Waals surface area contributed by atoms with Crippen molar-refractivity contribution in [2.24, 2.45) is 0 Å². The Hall–Kier alpha value is -2.20. The molecule has 2 aromatic carbocycles. The molecule has 0 aliphatic carbocycles. The number of benzene rings is 2. The first-order valence-electron chi connectivity index (χ1n) is 6.56. The largest absolute Gasteiger partial charge is 0.497 e. The van der Waals surface area contributed by atoms with E-state index < -0.39 is 0 Å². The highest BCUT2D eigenvalue weighted by Gasteiger charge is 2.02. The molecule has 0 fully saturated rings. The number of hydrogen-bond acceptors (Lipinski definition) is 3. The fourth-order valence-corrected chi connectivity index (χ4v) is 1.91. The molecule has 0 saturated heterocycles. The van der Waals surface area contributed by atoms with Crippen molar-refractivity contribution in [3.8, 4) is 5.75 Å². The molecule has 0 saturated carbocycles. The van der Waals surface area contributed by atoms with Crippen LogP contribution in [0.3, 0.4) is 0 Å². The second kappa shape index (κ2) is 7.55. The number of amides is 1. The fraction of sp³-hybridized carbons (Fsp3) is 0.188. The van der Waals surface area contributed by atoms with Crippen molar-refractivity contribution in [2.45, 2.75) is 6.54 Å². The van der Waals surface area contributed by atoms with E-state index in [2.05, 4.69) is 10.6 Å². The maximum atomic E-state index is 11.8. The Morgan fingerprint density at radius 2 is 1.95 bits per heavy atom. The summed E-state index contributed by atoms with van der Waals surface area (Å²) in [6.07, 6.45) is 0. The number of halogens is 1. The number of carbonyl (C=O) groups is 1. The number of nitrogens with one attached hydrogen (secondary N) is 2. The lowest BCUT2D eigenvalue weighted by molar-refractivity contribution is -0.119. The first-order chi connectivity index (χ1) is 10.2. The van der Waals surface area contributed by atoms with Gasteiger partial charge in [-0.25, -0.2) is 0 Å². The second-order valence-electron chi connectivity index (χ2n) is 4.49. The molecular formula is C16H17ClN2O2. The zero-order valence-electron chi connectivity index (χ0n) is 11.7. The van der Waals surface area contributed by atoms with Crippen molar-refractivity contribution in [3.05, 3.63) is 59.1 Å². The highest BCUT2D eigenvalue weighted by atomic mass is 35.5. The summed E-state index contributed by atoms with van der Waals surface area (Å²) in [5.41, 5.74) is 1.85. The van der Waals surface area contributed by atoms with E-state index in [1.165, 1.54) is 0 Å². The SMILES string of the molecule is COc1cccc(NCC(=O)NCc2ccc(Cl)cc2)c1. The van der Waals surface area contributed by atoms with Crippen LogP contribution in [0.4, 0.5) is 5.69 Å². The third-order valence-electron chi connectivity index (χ3n) is 2.93. The Labute approximate surface area is 129 Å². The van der Waals surface area contributed by atoms with Crippen LogP contribution < -0.4 is 15.4 Å². The average molecular weight is 305 g/mol. The summed E-state index contributed by atoms with van der Waals surface area (Å²) >= 11 is 5.81. The molecule has 0 heterocycles. The summed E-state index contributed by atoms with van der Waals surface area (Å²) in [4.78, 5) is 11.8. The summed E-state index contributed by atoms with van der Waals surface area (Å²) in [6.45, 7) is 0.691. The summed E-state index contributed by atoms with van der Waals surface area (Å²) < 4.78 is 5.13. The van der Waals surface area contributed by atoms with Crippen LogP contribution in [0, 0.1) is 0 Å². The van der Waals surface area contributed by atoms with Crippen molar-refractivity contribution in [1.29, 1.82) is 0 Å². The number of ether oxygens (including phenoxy) is 1. The van der Waals surface area contributed by atoms with E-state index >= 15 is 0 Å². The van der Waals surface area contributed by atoms with E-state index in [9.17, 15) is 4.79 Å². The lowest BCUT2D eigenvalue weighted by atomic mass is 10.2. The van der Waals surface area contributed by atoms with E-state index in [1.807, 2.05) is 36.4 Å². The molecule has 1 amide bonds.